The average molecular weight is 224 g/mol. The molecule has 0 saturated heterocycles. The Morgan fingerprint density at radius 1 is 1.06 bits per heavy atom. The van der Waals surface area contributed by atoms with Crippen molar-refractivity contribution in [2.24, 2.45) is 29.1 Å². The van der Waals surface area contributed by atoms with E-state index < -0.39 is 0 Å². The Morgan fingerprint density at radius 3 is 1.75 bits per heavy atom. The second-order valence-electron chi connectivity index (χ2n) is 6.14. The van der Waals surface area contributed by atoms with Crippen molar-refractivity contribution in [2.45, 2.75) is 60.8 Å². The summed E-state index contributed by atoms with van der Waals surface area (Å²) in [5.74, 6) is 4.07. The molecule has 0 aromatic rings. The largest absolute Gasteiger partial charge is 0.106 e. The fourth-order valence-corrected chi connectivity index (χ4v) is 3.41. The predicted molar refractivity (Wildman–Crippen MR) is 75.5 cm³/mol. The third-order valence-electron chi connectivity index (χ3n) is 4.73. The molecule has 3 fully saturated rings. The van der Waals surface area contributed by atoms with Crippen molar-refractivity contribution in [3.63, 3.8) is 0 Å². The van der Waals surface area contributed by atoms with E-state index in [2.05, 4.69) is 54.7 Å². The van der Waals surface area contributed by atoms with Gasteiger partial charge in [-0.1, -0.05) is 48.0 Å². The minimum Gasteiger partial charge on any atom is -0.106 e. The van der Waals surface area contributed by atoms with Crippen LogP contribution in [0.1, 0.15) is 60.8 Å². The first kappa shape index (κ1) is 15.7. The Morgan fingerprint density at radius 2 is 1.50 bits per heavy atom. The minimum absolute atomic E-state index is 0.686. The second-order valence-corrected chi connectivity index (χ2v) is 6.14. The van der Waals surface area contributed by atoms with Gasteiger partial charge in [-0.15, -0.1) is 13.2 Å². The van der Waals surface area contributed by atoms with E-state index >= 15 is 0 Å². The summed E-state index contributed by atoms with van der Waals surface area (Å²) in [5.41, 5.74) is 0.686. The van der Waals surface area contributed by atoms with Crippen LogP contribution in [0.2, 0.25) is 0 Å². The number of fused-ring (bicyclic) bond motifs is 2. The molecule has 0 N–H and O–H groups in total. The molecule has 0 radical (unpaired) electrons. The van der Waals surface area contributed by atoms with E-state index in [0.717, 1.165) is 23.7 Å². The van der Waals surface area contributed by atoms with E-state index in [1.54, 1.807) is 0 Å². The molecular weight excluding hydrogens is 192 g/mol. The van der Waals surface area contributed by atoms with Crippen molar-refractivity contribution in [1.82, 2.24) is 0 Å². The van der Waals surface area contributed by atoms with Gasteiger partial charge in [0.15, 0.2) is 0 Å². The van der Waals surface area contributed by atoms with Crippen LogP contribution in [0.4, 0.5) is 0 Å². The van der Waals surface area contributed by atoms with Gasteiger partial charge in [0.1, 0.15) is 0 Å². The van der Waals surface area contributed by atoms with Gasteiger partial charge in [-0.05, 0) is 41.9 Å². The van der Waals surface area contributed by atoms with Crippen molar-refractivity contribution in [1.29, 1.82) is 0 Å². The minimum atomic E-state index is 0.686. The Labute approximate surface area is 104 Å². The lowest BCUT2D eigenvalue weighted by atomic mass is 9.44. The lowest BCUT2D eigenvalue weighted by Crippen LogP contribution is -2.54. The molecule has 96 valence electrons. The van der Waals surface area contributed by atoms with Crippen molar-refractivity contribution in [3.05, 3.63) is 13.2 Å². The summed E-state index contributed by atoms with van der Waals surface area (Å²) in [4.78, 5) is 0. The monoisotopic (exact) mass is 224 g/mol. The summed E-state index contributed by atoms with van der Waals surface area (Å²) in [5, 5.41) is 0. The molecule has 0 spiro atoms. The molecule has 3 rings (SSSR count). The van der Waals surface area contributed by atoms with Gasteiger partial charge in [0.05, 0.1) is 0 Å². The maximum absolute atomic E-state index is 3.00. The van der Waals surface area contributed by atoms with Crippen LogP contribution in [0, 0.1) is 29.1 Å². The third-order valence-corrected chi connectivity index (χ3v) is 4.73. The van der Waals surface area contributed by atoms with E-state index in [1.165, 1.54) is 19.3 Å². The van der Waals surface area contributed by atoms with Crippen molar-refractivity contribution in [2.75, 3.05) is 0 Å². The molecule has 0 amide bonds. The summed E-state index contributed by atoms with van der Waals surface area (Å²) >= 11 is 0. The van der Waals surface area contributed by atoms with Crippen LogP contribution >= 0.6 is 0 Å². The third kappa shape index (κ3) is 2.90. The molecule has 4 unspecified atom stereocenters. The highest BCUT2D eigenvalue weighted by Gasteiger charge is 2.54. The van der Waals surface area contributed by atoms with Crippen LogP contribution in [-0.2, 0) is 0 Å². The first-order valence-corrected chi connectivity index (χ1v) is 6.95. The topological polar surface area (TPSA) is 0 Å². The molecule has 0 aromatic heterocycles. The molecule has 4 atom stereocenters. The van der Waals surface area contributed by atoms with Crippen LogP contribution < -0.4 is 0 Å². The molecule has 3 aliphatic rings. The van der Waals surface area contributed by atoms with E-state index in [0.29, 0.717) is 5.41 Å². The zero-order valence-corrected chi connectivity index (χ0v) is 12.3. The summed E-state index contributed by atoms with van der Waals surface area (Å²) in [6, 6.07) is 0. The number of hydrogen-bond acceptors (Lipinski definition) is 0. The molecular formula is C16H32. The quantitative estimate of drug-likeness (QED) is 0.474. The maximum Gasteiger partial charge on any atom is -0.0295 e. The van der Waals surface area contributed by atoms with E-state index in [-0.39, 0.29) is 0 Å². The van der Waals surface area contributed by atoms with Crippen LogP contribution in [0.3, 0.4) is 0 Å². The zero-order chi connectivity index (χ0) is 12.9. The molecule has 2 bridgehead atoms. The van der Waals surface area contributed by atoms with E-state index in [4.69, 9.17) is 0 Å². The van der Waals surface area contributed by atoms with Crippen molar-refractivity contribution in [3.8, 4) is 0 Å². The maximum atomic E-state index is 3.00. The lowest BCUT2D eigenvalue weighted by molar-refractivity contribution is -0.124. The van der Waals surface area contributed by atoms with Gasteiger partial charge in [-0.25, -0.2) is 0 Å². The summed E-state index contributed by atoms with van der Waals surface area (Å²) in [6.45, 7) is 20.1. The number of rotatable bonds is 0. The average Bonchev–Trinajstić information content (AvgIpc) is 2.25. The fourth-order valence-electron chi connectivity index (χ4n) is 3.41. The van der Waals surface area contributed by atoms with Crippen molar-refractivity contribution >= 4 is 0 Å². The molecule has 0 heterocycles. The van der Waals surface area contributed by atoms with Gasteiger partial charge in [0, 0.05) is 0 Å². The summed E-state index contributed by atoms with van der Waals surface area (Å²) in [6.07, 6.45) is 4.27. The summed E-state index contributed by atoms with van der Waals surface area (Å²) in [7, 11) is 0. The molecule has 3 aliphatic carbocycles. The lowest BCUT2D eigenvalue weighted by Gasteiger charge is -2.61. The van der Waals surface area contributed by atoms with Gasteiger partial charge in [0.2, 0.25) is 0 Å². The molecule has 0 aromatic carbocycles. The fraction of sp³-hybridized carbons (Fsp3) is 0.875. The van der Waals surface area contributed by atoms with Crippen molar-refractivity contribution < 1.29 is 0 Å². The second kappa shape index (κ2) is 6.47. The molecule has 0 heteroatoms. The Hall–Kier alpha value is -0.260. The summed E-state index contributed by atoms with van der Waals surface area (Å²) < 4.78 is 0. The standard InChI is InChI=1S/C11H20.C3H8.C2H4/c1-7-5-9-6-10(8(7)2)11(9,3)4;1-3-2;1-2/h7-10H,5-6H2,1-4H3;3H2,1-2H3;1-2H2. The number of hydrogen-bond donors (Lipinski definition) is 0. The first-order chi connectivity index (χ1) is 7.45. The first-order valence-electron chi connectivity index (χ1n) is 6.95. The van der Waals surface area contributed by atoms with Gasteiger partial charge in [-0.2, -0.15) is 0 Å². The normalized spacial score (nSPS) is 38.1. The highest BCUT2D eigenvalue weighted by atomic mass is 14.6. The van der Waals surface area contributed by atoms with E-state index in [1.807, 2.05) is 0 Å². The van der Waals surface area contributed by atoms with Crippen LogP contribution in [0.25, 0.3) is 0 Å². The van der Waals surface area contributed by atoms with Crippen LogP contribution in [0.15, 0.2) is 13.2 Å². The molecule has 0 aliphatic heterocycles. The smallest absolute Gasteiger partial charge is 0.0295 e. The van der Waals surface area contributed by atoms with E-state index in [9.17, 15) is 0 Å². The Balaban J connectivity index is 0.000000394. The Bertz CT molecular complexity index is 192. The van der Waals surface area contributed by atoms with Gasteiger partial charge in [0.25, 0.3) is 0 Å². The predicted octanol–water partition coefficient (Wildman–Crippen LogP) is 5.54. The zero-order valence-electron chi connectivity index (χ0n) is 12.3. The van der Waals surface area contributed by atoms with Gasteiger partial charge < -0.3 is 0 Å². The highest BCUT2D eigenvalue weighted by molar-refractivity contribution is 5.03. The highest BCUT2D eigenvalue weighted by Crippen LogP contribution is 2.62. The molecule has 3 saturated carbocycles. The van der Waals surface area contributed by atoms with Crippen LogP contribution in [-0.4, -0.2) is 0 Å². The molecule has 0 nitrogen and oxygen atoms in total. The van der Waals surface area contributed by atoms with Gasteiger partial charge in [-0.3, -0.25) is 0 Å². The van der Waals surface area contributed by atoms with Crippen LogP contribution in [0.5, 0.6) is 0 Å². The van der Waals surface area contributed by atoms with Gasteiger partial charge >= 0.3 is 0 Å². The molecule has 16 heavy (non-hydrogen) atoms. The SMILES string of the molecule is C=C.CC1CC2CC(C1C)C2(C)C.CCC. The Kier molecular flexibility index (Phi) is 6.36.